The number of benzene rings is 8. The maximum atomic E-state index is 5.25. The minimum Gasteiger partial charge on any atom is -0.308 e. The molecule has 8 aromatic carbocycles. The molecule has 0 aliphatic carbocycles. The van der Waals surface area contributed by atoms with E-state index in [-0.39, 0.29) is 0 Å². The Balaban J connectivity index is 1.21. The summed E-state index contributed by atoms with van der Waals surface area (Å²) in [7, 11) is 0. The molecule has 0 atom stereocenters. The Labute approximate surface area is 331 Å². The molecule has 0 saturated carbocycles. The van der Waals surface area contributed by atoms with Crippen LogP contribution >= 0.6 is 11.3 Å². The van der Waals surface area contributed by atoms with Crippen LogP contribution in [0, 0.1) is 0 Å². The maximum Gasteiger partial charge on any atom is 0.166 e. The molecule has 57 heavy (non-hydrogen) atoms. The maximum absolute atomic E-state index is 5.25. The van der Waals surface area contributed by atoms with E-state index in [1.165, 1.54) is 47.2 Å². The summed E-state index contributed by atoms with van der Waals surface area (Å²) in [4.78, 5) is 15.5. The highest BCUT2D eigenvalue weighted by molar-refractivity contribution is 7.26. The van der Waals surface area contributed by atoms with Crippen LogP contribution in [0.4, 0.5) is 0 Å². The van der Waals surface area contributed by atoms with Crippen molar-refractivity contribution in [2.24, 2.45) is 0 Å². The van der Waals surface area contributed by atoms with E-state index in [0.29, 0.717) is 17.5 Å². The number of hydrogen-bond donors (Lipinski definition) is 0. The lowest BCUT2D eigenvalue weighted by molar-refractivity contribution is 1.06. The Morgan fingerprint density at radius 1 is 0.368 bits per heavy atom. The lowest BCUT2D eigenvalue weighted by Gasteiger charge is -2.17. The van der Waals surface area contributed by atoms with Gasteiger partial charge in [0.25, 0.3) is 0 Å². The van der Waals surface area contributed by atoms with Gasteiger partial charge >= 0.3 is 0 Å². The van der Waals surface area contributed by atoms with Crippen LogP contribution in [0.5, 0.6) is 0 Å². The first-order chi connectivity index (χ1) is 28.3. The number of nitrogens with zero attached hydrogens (tertiary/aromatic N) is 5. The first-order valence-electron chi connectivity index (χ1n) is 19.1. The van der Waals surface area contributed by atoms with Gasteiger partial charge in [-0.25, -0.2) is 15.0 Å². The molecular weight excluding hydrogens is 715 g/mol. The van der Waals surface area contributed by atoms with Gasteiger partial charge in [0.05, 0.1) is 32.5 Å². The molecule has 0 saturated heterocycles. The molecule has 0 unspecified atom stereocenters. The number of aromatic nitrogens is 5. The van der Waals surface area contributed by atoms with Gasteiger partial charge in [-0.1, -0.05) is 146 Å². The van der Waals surface area contributed by atoms with Gasteiger partial charge in [0.1, 0.15) is 0 Å². The molecule has 4 heterocycles. The van der Waals surface area contributed by atoms with Crippen molar-refractivity contribution in [3.63, 3.8) is 0 Å². The molecule has 0 N–H and O–H groups in total. The van der Waals surface area contributed by atoms with E-state index >= 15 is 0 Å². The summed E-state index contributed by atoms with van der Waals surface area (Å²) in [6.45, 7) is 0. The van der Waals surface area contributed by atoms with Crippen LogP contribution in [0.15, 0.2) is 188 Å². The van der Waals surface area contributed by atoms with Crippen molar-refractivity contribution in [2.75, 3.05) is 0 Å². The Kier molecular flexibility index (Phi) is 7.03. The summed E-state index contributed by atoms with van der Waals surface area (Å²) in [6.07, 6.45) is 0. The first-order valence-corrected chi connectivity index (χ1v) is 19.9. The normalized spacial score (nSPS) is 11.9. The average molecular weight is 746 g/mol. The molecule has 0 spiro atoms. The van der Waals surface area contributed by atoms with Crippen LogP contribution < -0.4 is 0 Å². The minimum absolute atomic E-state index is 0.611. The van der Waals surface area contributed by atoms with Crippen molar-refractivity contribution in [3.05, 3.63) is 188 Å². The van der Waals surface area contributed by atoms with Crippen LogP contribution in [0.1, 0.15) is 0 Å². The lowest BCUT2D eigenvalue weighted by Crippen LogP contribution is -2.05. The number of rotatable bonds is 5. The van der Waals surface area contributed by atoms with Crippen molar-refractivity contribution in [1.29, 1.82) is 0 Å². The molecule has 0 aliphatic heterocycles. The summed E-state index contributed by atoms with van der Waals surface area (Å²) in [6, 6.07) is 66.6. The first kappa shape index (κ1) is 31.9. The minimum atomic E-state index is 0.611. The van der Waals surface area contributed by atoms with E-state index in [9.17, 15) is 0 Å². The topological polar surface area (TPSA) is 48.5 Å². The van der Waals surface area contributed by atoms with Gasteiger partial charge in [-0.3, -0.25) is 0 Å². The standard InChI is InChI=1S/C51H31N5S/c1-3-15-32(16-4-1)49-52-50(33-17-5-2-6-18-33)54-51(53-49)41-28-27-34(31-45(41)56-43-24-12-7-19-35(43)36-20-8-13-25-44(36)56)55-42-23-11-9-21-37(42)39-29-30-40-38-22-10-14-26-46(38)57-48(40)47(39)55/h1-31H. The molecule has 266 valence electrons. The fourth-order valence-corrected chi connectivity index (χ4v) is 9.88. The quantitative estimate of drug-likeness (QED) is 0.176. The van der Waals surface area contributed by atoms with E-state index in [1.54, 1.807) is 0 Å². The van der Waals surface area contributed by atoms with E-state index in [4.69, 9.17) is 15.0 Å². The van der Waals surface area contributed by atoms with Gasteiger partial charge in [0.15, 0.2) is 17.5 Å². The second-order valence-corrected chi connectivity index (χ2v) is 15.5. The summed E-state index contributed by atoms with van der Waals surface area (Å²) in [5.74, 6) is 1.87. The highest BCUT2D eigenvalue weighted by Gasteiger charge is 2.23. The Morgan fingerprint density at radius 2 is 0.860 bits per heavy atom. The van der Waals surface area contributed by atoms with E-state index < -0.39 is 0 Å². The molecule has 5 nitrogen and oxygen atoms in total. The van der Waals surface area contributed by atoms with Crippen molar-refractivity contribution in [2.45, 2.75) is 0 Å². The number of thiophene rings is 1. The molecule has 12 rings (SSSR count). The highest BCUT2D eigenvalue weighted by atomic mass is 32.1. The molecule has 0 amide bonds. The SMILES string of the molecule is c1ccc(-c2nc(-c3ccccc3)nc(-c3ccc(-n4c5ccccc5c5ccc6c7ccccc7sc6c54)cc3-n3c4ccccc4c4ccccc43)n2)cc1. The van der Waals surface area contributed by atoms with Gasteiger partial charge in [0, 0.05) is 59.4 Å². The zero-order chi connectivity index (χ0) is 37.5. The number of fused-ring (bicyclic) bond motifs is 10. The Bertz CT molecular complexity index is 3410. The van der Waals surface area contributed by atoms with E-state index in [0.717, 1.165) is 44.6 Å². The smallest absolute Gasteiger partial charge is 0.166 e. The largest absolute Gasteiger partial charge is 0.308 e. The molecule has 0 bridgehead atoms. The van der Waals surface area contributed by atoms with Crippen LogP contribution in [0.2, 0.25) is 0 Å². The third-order valence-corrected chi connectivity index (χ3v) is 12.4. The summed E-state index contributed by atoms with van der Waals surface area (Å²) < 4.78 is 7.42. The number of para-hydroxylation sites is 3. The Morgan fingerprint density at radius 3 is 1.49 bits per heavy atom. The van der Waals surface area contributed by atoms with Gasteiger partial charge in [0.2, 0.25) is 0 Å². The molecule has 12 aromatic rings. The second kappa shape index (κ2) is 12.6. The Hall–Kier alpha value is -7.41. The van der Waals surface area contributed by atoms with Crippen molar-refractivity contribution < 1.29 is 0 Å². The predicted molar refractivity (Wildman–Crippen MR) is 238 cm³/mol. The fourth-order valence-electron chi connectivity index (χ4n) is 8.64. The zero-order valence-corrected chi connectivity index (χ0v) is 31.4. The summed E-state index contributed by atoms with van der Waals surface area (Å²) >= 11 is 1.87. The van der Waals surface area contributed by atoms with Crippen molar-refractivity contribution in [1.82, 2.24) is 24.1 Å². The highest BCUT2D eigenvalue weighted by Crippen LogP contribution is 2.44. The lowest BCUT2D eigenvalue weighted by atomic mass is 10.1. The van der Waals surface area contributed by atoms with Crippen LogP contribution in [0.25, 0.3) is 109 Å². The second-order valence-electron chi connectivity index (χ2n) is 14.4. The molecule has 0 radical (unpaired) electrons. The van der Waals surface area contributed by atoms with Crippen molar-refractivity contribution in [3.8, 4) is 45.5 Å². The molecule has 0 fully saturated rings. The van der Waals surface area contributed by atoms with E-state index in [2.05, 4.69) is 161 Å². The van der Waals surface area contributed by atoms with Crippen LogP contribution in [0.3, 0.4) is 0 Å². The monoisotopic (exact) mass is 745 g/mol. The summed E-state index contributed by atoms with van der Waals surface area (Å²) in [5, 5.41) is 7.42. The van der Waals surface area contributed by atoms with Gasteiger partial charge < -0.3 is 9.13 Å². The molecule has 6 heteroatoms. The van der Waals surface area contributed by atoms with Crippen molar-refractivity contribution >= 4 is 75.1 Å². The van der Waals surface area contributed by atoms with Gasteiger partial charge in [-0.15, -0.1) is 11.3 Å². The summed E-state index contributed by atoms with van der Waals surface area (Å²) in [5.41, 5.74) is 9.45. The van der Waals surface area contributed by atoms with E-state index in [1.807, 2.05) is 47.7 Å². The predicted octanol–water partition coefficient (Wildman–Crippen LogP) is 13.4. The zero-order valence-electron chi connectivity index (χ0n) is 30.5. The molecule has 0 aliphatic rings. The average Bonchev–Trinajstić information content (AvgIpc) is 3.95. The van der Waals surface area contributed by atoms with Gasteiger partial charge in [-0.2, -0.15) is 0 Å². The molecular formula is C51H31N5S. The third-order valence-electron chi connectivity index (χ3n) is 11.2. The number of hydrogen-bond acceptors (Lipinski definition) is 4. The third kappa shape index (κ3) is 4.91. The van der Waals surface area contributed by atoms with Crippen LogP contribution in [-0.4, -0.2) is 24.1 Å². The fraction of sp³-hybridized carbons (Fsp3) is 0. The molecule has 4 aromatic heterocycles. The van der Waals surface area contributed by atoms with Gasteiger partial charge in [-0.05, 0) is 42.5 Å². The van der Waals surface area contributed by atoms with Crippen LogP contribution in [-0.2, 0) is 0 Å².